The zero-order chi connectivity index (χ0) is 20.7. The number of benzene rings is 1. The number of anilines is 1. The van der Waals surface area contributed by atoms with Crippen molar-refractivity contribution in [2.75, 3.05) is 5.73 Å². The first-order chi connectivity index (χ1) is 13.0. The number of hydrogen-bond donors (Lipinski definition) is 2. The van der Waals surface area contributed by atoms with E-state index in [1.165, 1.54) is 6.92 Å². The molecule has 3 N–H and O–H groups in total. The van der Waals surface area contributed by atoms with Crippen LogP contribution in [0.25, 0.3) is 21.9 Å². The average molecular weight is 394 g/mol. The van der Waals surface area contributed by atoms with Crippen LogP contribution in [0.1, 0.15) is 39.4 Å². The van der Waals surface area contributed by atoms with Gasteiger partial charge in [-0.25, -0.2) is 9.97 Å². The van der Waals surface area contributed by atoms with E-state index in [0.717, 1.165) is 10.9 Å². The first-order valence-corrected chi connectivity index (χ1v) is 9.30. The van der Waals surface area contributed by atoms with Crippen LogP contribution in [0.4, 0.5) is 19.0 Å². The van der Waals surface area contributed by atoms with Crippen LogP contribution in [0.15, 0.2) is 24.3 Å². The van der Waals surface area contributed by atoms with Gasteiger partial charge >= 0.3 is 6.18 Å². The maximum atomic E-state index is 12.8. The highest BCUT2D eigenvalue weighted by molar-refractivity contribution is 6.06. The highest BCUT2D eigenvalue weighted by atomic mass is 19.4. The summed E-state index contributed by atoms with van der Waals surface area (Å²) >= 11 is 0. The lowest BCUT2D eigenvalue weighted by Crippen LogP contribution is -2.27. The molecule has 1 unspecified atom stereocenters. The number of imidazole rings is 1. The summed E-state index contributed by atoms with van der Waals surface area (Å²) in [6, 6.07) is 7.49. The Morgan fingerprint density at radius 3 is 2.50 bits per heavy atom. The second-order valence-electron chi connectivity index (χ2n) is 7.97. The van der Waals surface area contributed by atoms with Gasteiger partial charge in [0.05, 0.1) is 29.1 Å². The van der Waals surface area contributed by atoms with Gasteiger partial charge in [0.1, 0.15) is 11.3 Å². The number of rotatable bonds is 6. The number of pyridine rings is 1. The van der Waals surface area contributed by atoms with Crippen LogP contribution in [-0.4, -0.2) is 31.4 Å². The number of aryl methyl sites for hydroxylation is 1. The van der Waals surface area contributed by atoms with E-state index in [0.29, 0.717) is 29.7 Å². The molecule has 1 aromatic carbocycles. The first kappa shape index (κ1) is 20.4. The molecule has 152 valence electrons. The van der Waals surface area contributed by atoms with Crippen LogP contribution in [0.2, 0.25) is 0 Å². The largest absolute Gasteiger partial charge is 0.391 e. The monoisotopic (exact) mass is 394 g/mol. The Balaban J connectivity index is 2.05. The third-order valence-corrected chi connectivity index (χ3v) is 4.83. The minimum atomic E-state index is -4.20. The fraction of sp³-hybridized carbons (Fsp3) is 0.500. The molecule has 2 heterocycles. The Bertz CT molecular complexity index is 989. The van der Waals surface area contributed by atoms with Gasteiger partial charge in [0.2, 0.25) is 0 Å². The van der Waals surface area contributed by atoms with Crippen molar-refractivity contribution in [3.05, 3.63) is 30.1 Å². The Labute approximate surface area is 161 Å². The average Bonchev–Trinajstić information content (AvgIpc) is 2.92. The number of fused-ring (bicyclic) bond motifs is 3. The molecule has 0 aliphatic carbocycles. The molecule has 0 amide bonds. The van der Waals surface area contributed by atoms with E-state index in [-0.39, 0.29) is 18.8 Å². The minimum Gasteiger partial charge on any atom is -0.389 e. The molecule has 0 fully saturated rings. The SMILES string of the molecule is CC(CCCc1nc2c(N)nc3ccccc3c2n1CC(C)(C)O)C(F)(F)F. The normalized spacial score (nSPS) is 14.1. The Morgan fingerprint density at radius 2 is 1.86 bits per heavy atom. The highest BCUT2D eigenvalue weighted by Crippen LogP contribution is 2.32. The highest BCUT2D eigenvalue weighted by Gasteiger charge is 2.35. The van der Waals surface area contributed by atoms with E-state index in [4.69, 9.17) is 5.73 Å². The fourth-order valence-corrected chi connectivity index (χ4v) is 3.38. The Hall–Kier alpha value is -2.35. The number of para-hydroxylation sites is 1. The van der Waals surface area contributed by atoms with Crippen LogP contribution < -0.4 is 5.73 Å². The minimum absolute atomic E-state index is 0.0176. The third kappa shape index (κ3) is 4.22. The molecule has 28 heavy (non-hydrogen) atoms. The summed E-state index contributed by atoms with van der Waals surface area (Å²) in [5.74, 6) is -0.489. The molecule has 0 spiro atoms. The van der Waals surface area contributed by atoms with E-state index in [9.17, 15) is 18.3 Å². The van der Waals surface area contributed by atoms with Crippen molar-refractivity contribution in [3.8, 4) is 0 Å². The van der Waals surface area contributed by atoms with E-state index >= 15 is 0 Å². The number of aromatic nitrogens is 3. The number of nitrogens with zero attached hydrogens (tertiary/aromatic N) is 3. The molecule has 0 saturated carbocycles. The second kappa shape index (κ2) is 7.24. The van der Waals surface area contributed by atoms with Gasteiger partial charge in [0, 0.05) is 11.8 Å². The van der Waals surface area contributed by atoms with E-state index in [2.05, 4.69) is 9.97 Å². The van der Waals surface area contributed by atoms with Crippen molar-refractivity contribution >= 4 is 27.8 Å². The van der Waals surface area contributed by atoms with Gasteiger partial charge in [-0.15, -0.1) is 0 Å². The summed E-state index contributed by atoms with van der Waals surface area (Å²) in [6.45, 7) is 4.80. The molecule has 3 rings (SSSR count). The number of aliphatic hydroxyl groups is 1. The summed E-state index contributed by atoms with van der Waals surface area (Å²) in [6.07, 6.45) is -3.48. The first-order valence-electron chi connectivity index (χ1n) is 9.30. The van der Waals surface area contributed by atoms with Crippen molar-refractivity contribution in [1.82, 2.24) is 14.5 Å². The van der Waals surface area contributed by atoms with E-state index in [1.807, 2.05) is 28.8 Å². The van der Waals surface area contributed by atoms with E-state index < -0.39 is 17.7 Å². The predicted octanol–water partition coefficient (Wildman–Crippen LogP) is 4.46. The standard InChI is InChI=1S/C20H25F3N4O/c1-12(20(21,22)23)7-6-10-15-26-16-17(27(15)11-19(2,3)28)13-8-4-5-9-14(13)25-18(16)24/h4-5,8-9,12,28H,6-7,10-11H2,1-3H3,(H2,24,25). The van der Waals surface area contributed by atoms with Crippen LogP contribution >= 0.6 is 0 Å². The van der Waals surface area contributed by atoms with Crippen molar-refractivity contribution in [2.24, 2.45) is 5.92 Å². The van der Waals surface area contributed by atoms with Crippen molar-refractivity contribution in [2.45, 2.75) is 58.4 Å². The quantitative estimate of drug-likeness (QED) is 0.647. The summed E-state index contributed by atoms with van der Waals surface area (Å²) in [7, 11) is 0. The van der Waals surface area contributed by atoms with Crippen molar-refractivity contribution in [3.63, 3.8) is 0 Å². The van der Waals surface area contributed by atoms with Gasteiger partial charge < -0.3 is 15.4 Å². The molecule has 5 nitrogen and oxygen atoms in total. The van der Waals surface area contributed by atoms with E-state index in [1.54, 1.807) is 13.8 Å². The predicted molar refractivity (Wildman–Crippen MR) is 104 cm³/mol. The molecule has 8 heteroatoms. The Kier molecular flexibility index (Phi) is 5.27. The summed E-state index contributed by atoms with van der Waals surface area (Å²) in [5.41, 5.74) is 7.06. The second-order valence-corrected chi connectivity index (χ2v) is 7.97. The smallest absolute Gasteiger partial charge is 0.389 e. The van der Waals surface area contributed by atoms with Gasteiger partial charge in [0.15, 0.2) is 5.82 Å². The van der Waals surface area contributed by atoms with Gasteiger partial charge in [-0.3, -0.25) is 0 Å². The molecule has 3 aromatic rings. The molecule has 2 aromatic heterocycles. The molecule has 0 bridgehead atoms. The lowest BCUT2D eigenvalue weighted by molar-refractivity contribution is -0.171. The molecule has 0 radical (unpaired) electrons. The van der Waals surface area contributed by atoms with Crippen LogP contribution in [0.3, 0.4) is 0 Å². The number of nitrogen functional groups attached to an aromatic ring is 1. The zero-order valence-corrected chi connectivity index (χ0v) is 16.2. The lowest BCUT2D eigenvalue weighted by atomic mass is 10.0. The Morgan fingerprint density at radius 1 is 1.18 bits per heavy atom. The van der Waals surface area contributed by atoms with Crippen molar-refractivity contribution in [1.29, 1.82) is 0 Å². The van der Waals surface area contributed by atoms with Gasteiger partial charge in [0.25, 0.3) is 0 Å². The molecule has 0 aliphatic rings. The number of alkyl halides is 3. The van der Waals surface area contributed by atoms with Crippen LogP contribution in [0, 0.1) is 5.92 Å². The zero-order valence-electron chi connectivity index (χ0n) is 16.2. The van der Waals surface area contributed by atoms with Crippen LogP contribution in [0.5, 0.6) is 0 Å². The summed E-state index contributed by atoms with van der Waals surface area (Å²) in [4.78, 5) is 8.97. The molecular formula is C20H25F3N4O. The van der Waals surface area contributed by atoms with Gasteiger partial charge in [-0.2, -0.15) is 13.2 Å². The van der Waals surface area contributed by atoms with Crippen molar-refractivity contribution < 1.29 is 18.3 Å². The van der Waals surface area contributed by atoms with Crippen LogP contribution in [-0.2, 0) is 13.0 Å². The lowest BCUT2D eigenvalue weighted by Gasteiger charge is -2.21. The number of hydrogen-bond acceptors (Lipinski definition) is 4. The molecule has 0 aliphatic heterocycles. The van der Waals surface area contributed by atoms with Gasteiger partial charge in [-0.05, 0) is 32.8 Å². The third-order valence-electron chi connectivity index (χ3n) is 4.83. The molecule has 0 saturated heterocycles. The maximum Gasteiger partial charge on any atom is 0.391 e. The van der Waals surface area contributed by atoms with Gasteiger partial charge in [-0.1, -0.05) is 25.1 Å². The fourth-order valence-electron chi connectivity index (χ4n) is 3.38. The molecule has 1 atom stereocenters. The topological polar surface area (TPSA) is 77.0 Å². The summed E-state index contributed by atoms with van der Waals surface area (Å²) in [5, 5.41) is 11.2. The molecular weight excluding hydrogens is 369 g/mol. The number of halogens is 3. The summed E-state index contributed by atoms with van der Waals surface area (Å²) < 4.78 is 40.2. The maximum absolute atomic E-state index is 12.8. The number of nitrogens with two attached hydrogens (primary N) is 1.